The molecule has 0 radical (unpaired) electrons. The van der Waals surface area contributed by atoms with E-state index in [2.05, 4.69) is 0 Å². The smallest absolute Gasteiger partial charge is 0.341 e. The summed E-state index contributed by atoms with van der Waals surface area (Å²) in [5.41, 5.74) is 1.57. The van der Waals surface area contributed by atoms with Crippen molar-refractivity contribution in [2.75, 3.05) is 0 Å². The molecule has 1 aliphatic carbocycles. The number of fused-ring (bicyclic) bond motifs is 5. The Morgan fingerprint density at radius 1 is 1.28 bits per heavy atom. The molecule has 1 aliphatic heterocycles. The largest absolute Gasteiger partial charge is 0.484 e. The molecule has 1 fully saturated rings. The zero-order valence-electron chi connectivity index (χ0n) is 16.3. The minimum atomic E-state index is -1.23. The Hall–Kier alpha value is -2.73. The second-order valence-electron chi connectivity index (χ2n) is 8.84. The number of carboxylic acid groups (broad SMARTS) is 1. The number of pyridine rings is 1. The van der Waals surface area contributed by atoms with Crippen LogP contribution in [0, 0.1) is 5.41 Å². The van der Waals surface area contributed by atoms with Gasteiger partial charge in [0.15, 0.2) is 5.58 Å². The van der Waals surface area contributed by atoms with Gasteiger partial charge in [-0.2, -0.15) is 0 Å². The van der Waals surface area contributed by atoms with Crippen LogP contribution in [0.25, 0.3) is 22.2 Å². The van der Waals surface area contributed by atoms with Crippen LogP contribution in [0.2, 0.25) is 5.02 Å². The van der Waals surface area contributed by atoms with Crippen LogP contribution in [0.3, 0.4) is 0 Å². The Morgan fingerprint density at radius 2 is 2.00 bits per heavy atom. The molecular formula is C22H20ClNO5. The van der Waals surface area contributed by atoms with E-state index in [9.17, 15) is 14.7 Å². The van der Waals surface area contributed by atoms with Gasteiger partial charge in [0.25, 0.3) is 5.56 Å². The van der Waals surface area contributed by atoms with Gasteiger partial charge in [0, 0.05) is 22.6 Å². The SMILES string of the molecule is CC(C)(C)[C@@H]1Oc2c(cc(Cl)c3occc23)-c2c1cc(C(=O)O)c(=O)n2C1CC1. The van der Waals surface area contributed by atoms with Gasteiger partial charge in [0.05, 0.1) is 22.4 Å². The quantitative estimate of drug-likeness (QED) is 0.606. The van der Waals surface area contributed by atoms with Crippen LogP contribution in [0.1, 0.15) is 61.7 Å². The highest BCUT2D eigenvalue weighted by molar-refractivity contribution is 6.35. The number of halogens is 1. The first-order valence-corrected chi connectivity index (χ1v) is 9.95. The lowest BCUT2D eigenvalue weighted by molar-refractivity contribution is 0.0689. The molecule has 150 valence electrons. The summed E-state index contributed by atoms with van der Waals surface area (Å²) in [5.74, 6) is -0.614. The fraction of sp³-hybridized carbons (Fsp3) is 0.364. The van der Waals surface area contributed by atoms with E-state index in [0.29, 0.717) is 33.2 Å². The number of carbonyl (C=O) groups is 1. The molecule has 0 unspecified atom stereocenters. The monoisotopic (exact) mass is 413 g/mol. The molecule has 0 amide bonds. The van der Waals surface area contributed by atoms with Crippen molar-refractivity contribution < 1.29 is 19.1 Å². The number of aromatic nitrogens is 1. The molecule has 5 rings (SSSR count). The van der Waals surface area contributed by atoms with E-state index in [4.69, 9.17) is 20.8 Å². The Morgan fingerprint density at radius 3 is 2.62 bits per heavy atom. The first kappa shape index (κ1) is 18.3. The lowest BCUT2D eigenvalue weighted by atomic mass is 9.80. The van der Waals surface area contributed by atoms with E-state index in [1.807, 2.05) is 20.8 Å². The molecular weight excluding hydrogens is 394 g/mol. The maximum absolute atomic E-state index is 13.1. The van der Waals surface area contributed by atoms with Crippen molar-refractivity contribution in [1.82, 2.24) is 4.57 Å². The summed E-state index contributed by atoms with van der Waals surface area (Å²) in [5, 5.41) is 10.8. The van der Waals surface area contributed by atoms with Crippen molar-refractivity contribution in [2.24, 2.45) is 5.41 Å². The van der Waals surface area contributed by atoms with Gasteiger partial charge in [-0.15, -0.1) is 0 Å². The van der Waals surface area contributed by atoms with Crippen molar-refractivity contribution in [1.29, 1.82) is 0 Å². The van der Waals surface area contributed by atoms with Crippen LogP contribution in [-0.4, -0.2) is 15.6 Å². The van der Waals surface area contributed by atoms with Crippen LogP contribution in [0.15, 0.2) is 33.7 Å². The van der Waals surface area contributed by atoms with Crippen molar-refractivity contribution in [2.45, 2.75) is 45.8 Å². The highest BCUT2D eigenvalue weighted by Gasteiger charge is 2.41. The maximum atomic E-state index is 13.1. The molecule has 0 spiro atoms. The highest BCUT2D eigenvalue weighted by atomic mass is 35.5. The summed E-state index contributed by atoms with van der Waals surface area (Å²) in [7, 11) is 0. The predicted molar refractivity (Wildman–Crippen MR) is 109 cm³/mol. The Labute approximate surface area is 171 Å². The van der Waals surface area contributed by atoms with Crippen LogP contribution >= 0.6 is 11.6 Å². The van der Waals surface area contributed by atoms with Crippen LogP contribution in [0.4, 0.5) is 0 Å². The molecule has 1 saturated carbocycles. The topological polar surface area (TPSA) is 81.7 Å². The molecule has 1 N–H and O–H groups in total. The normalized spacial score (nSPS) is 18.3. The van der Waals surface area contributed by atoms with Gasteiger partial charge in [-0.05, 0) is 31.0 Å². The molecule has 0 saturated heterocycles. The van der Waals surface area contributed by atoms with Crippen molar-refractivity contribution in [3.8, 4) is 17.0 Å². The second-order valence-corrected chi connectivity index (χ2v) is 9.24. The van der Waals surface area contributed by atoms with E-state index in [1.165, 1.54) is 6.07 Å². The number of furan rings is 1. The van der Waals surface area contributed by atoms with Crippen LogP contribution < -0.4 is 10.3 Å². The molecule has 1 atom stereocenters. The summed E-state index contributed by atoms with van der Waals surface area (Å²) >= 11 is 6.47. The lowest BCUT2D eigenvalue weighted by Crippen LogP contribution is -2.34. The Bertz CT molecular complexity index is 1240. The number of benzene rings is 1. The average Bonchev–Trinajstić information content (AvgIpc) is 3.34. The van der Waals surface area contributed by atoms with Gasteiger partial charge in [-0.25, -0.2) is 4.79 Å². The molecule has 6 nitrogen and oxygen atoms in total. The Balaban J connectivity index is 1.95. The van der Waals surface area contributed by atoms with Gasteiger partial charge in [0.2, 0.25) is 0 Å². The molecule has 3 aromatic rings. The third-order valence-electron chi connectivity index (χ3n) is 5.61. The lowest BCUT2D eigenvalue weighted by Gasteiger charge is -2.38. The molecule has 3 heterocycles. The van der Waals surface area contributed by atoms with E-state index in [0.717, 1.165) is 18.2 Å². The van der Waals surface area contributed by atoms with Crippen LogP contribution in [0.5, 0.6) is 5.75 Å². The average molecular weight is 414 g/mol. The third-order valence-corrected chi connectivity index (χ3v) is 5.89. The summed E-state index contributed by atoms with van der Waals surface area (Å²) in [6.07, 6.45) is 2.80. The summed E-state index contributed by atoms with van der Waals surface area (Å²) in [6, 6.07) is 5.02. The fourth-order valence-electron chi connectivity index (χ4n) is 4.18. The first-order chi connectivity index (χ1) is 13.7. The third kappa shape index (κ3) is 2.62. The number of ether oxygens (including phenoxy) is 1. The minimum absolute atomic E-state index is 0.0130. The van der Waals surface area contributed by atoms with Crippen molar-refractivity contribution in [3.05, 3.63) is 51.0 Å². The van der Waals surface area contributed by atoms with Crippen molar-refractivity contribution >= 4 is 28.5 Å². The second kappa shape index (κ2) is 5.89. The predicted octanol–water partition coefficient (Wildman–Crippen LogP) is 5.43. The standard InChI is InChI=1S/C22H20ClNO5/c1-22(2,3)19-13-8-14(21(26)27)20(25)24(10-4-5-10)16(13)12-9-15(23)18-11(6-7-28-18)17(12)29-19/h6-10,19H,4-5H2,1-3H3,(H,26,27)/t19-/m1/s1. The maximum Gasteiger partial charge on any atom is 0.341 e. The van der Waals surface area contributed by atoms with E-state index < -0.39 is 17.6 Å². The van der Waals surface area contributed by atoms with E-state index in [-0.39, 0.29) is 17.0 Å². The number of carboxylic acids is 1. The minimum Gasteiger partial charge on any atom is -0.484 e. The summed E-state index contributed by atoms with van der Waals surface area (Å²) in [4.78, 5) is 24.9. The Kier molecular flexibility index (Phi) is 3.72. The molecule has 2 aromatic heterocycles. The number of hydrogen-bond acceptors (Lipinski definition) is 4. The van der Waals surface area contributed by atoms with E-state index >= 15 is 0 Å². The van der Waals surface area contributed by atoms with Gasteiger partial charge in [-0.3, -0.25) is 4.79 Å². The van der Waals surface area contributed by atoms with Gasteiger partial charge in [0.1, 0.15) is 17.4 Å². The van der Waals surface area contributed by atoms with Gasteiger partial charge in [-0.1, -0.05) is 32.4 Å². The zero-order chi connectivity index (χ0) is 20.7. The molecule has 1 aromatic carbocycles. The summed E-state index contributed by atoms with van der Waals surface area (Å²) in [6.45, 7) is 6.09. The number of aromatic carboxylic acids is 1. The first-order valence-electron chi connectivity index (χ1n) is 9.58. The number of rotatable bonds is 2. The van der Waals surface area contributed by atoms with E-state index in [1.54, 1.807) is 23.0 Å². The summed E-state index contributed by atoms with van der Waals surface area (Å²) < 4.78 is 13.6. The van der Waals surface area contributed by atoms with Crippen LogP contribution in [-0.2, 0) is 0 Å². The highest BCUT2D eigenvalue weighted by Crippen LogP contribution is 2.53. The fourth-order valence-corrected chi connectivity index (χ4v) is 4.43. The number of hydrogen-bond donors (Lipinski definition) is 1. The molecule has 0 bridgehead atoms. The zero-order valence-corrected chi connectivity index (χ0v) is 17.0. The van der Waals surface area contributed by atoms with Gasteiger partial charge < -0.3 is 18.8 Å². The van der Waals surface area contributed by atoms with Crippen molar-refractivity contribution in [3.63, 3.8) is 0 Å². The molecule has 7 heteroatoms. The molecule has 2 aliphatic rings. The molecule has 29 heavy (non-hydrogen) atoms. The number of nitrogens with zero attached hydrogens (tertiary/aromatic N) is 1. The van der Waals surface area contributed by atoms with Gasteiger partial charge >= 0.3 is 5.97 Å².